The Balaban J connectivity index is 2.01. The molecule has 0 aliphatic rings. The molecule has 0 saturated carbocycles. The first-order valence-corrected chi connectivity index (χ1v) is 11.5. The van der Waals surface area contributed by atoms with Crippen molar-refractivity contribution in [2.45, 2.75) is 70.8 Å². The van der Waals surface area contributed by atoms with E-state index in [1.165, 1.54) is 13.8 Å². The number of aliphatic carboxylic acids is 1. The van der Waals surface area contributed by atoms with Crippen molar-refractivity contribution in [3.8, 4) is 0 Å². The van der Waals surface area contributed by atoms with Crippen LogP contribution in [0.25, 0.3) is 10.9 Å². The number of aliphatic hydroxyl groups excluding tert-OH is 1. The number of carboxylic acid groups (broad SMARTS) is 1. The number of aromatic nitrogens is 1. The number of fused-ring (bicyclic) bond motifs is 1. The summed E-state index contributed by atoms with van der Waals surface area (Å²) in [6, 6.07) is 2.84. The summed E-state index contributed by atoms with van der Waals surface area (Å²) < 4.78 is 0. The molecule has 0 aliphatic carbocycles. The fourth-order valence-electron chi connectivity index (χ4n) is 3.67. The van der Waals surface area contributed by atoms with Crippen molar-refractivity contribution in [3.63, 3.8) is 0 Å². The van der Waals surface area contributed by atoms with Crippen LogP contribution in [-0.2, 0) is 25.6 Å². The highest BCUT2D eigenvalue weighted by atomic mass is 16.4. The lowest BCUT2D eigenvalue weighted by Gasteiger charge is -2.25. The standard InChI is InChI=1S/C24H35N5O6/c1-12(2)9-17(25)22(32)29-20(14(4)30)23(33)27-13(3)21(31)28-19(24(34)35)10-15-11-26-18-8-6-5-7-16(15)18/h5-8,11-14,17,19-20,26,30H,9-10,25H2,1-4H3,(H,27,33)(H,28,31)(H,29,32)(H,34,35). The minimum atomic E-state index is -1.34. The number of carbonyl (C=O) groups is 4. The van der Waals surface area contributed by atoms with E-state index in [2.05, 4.69) is 20.9 Å². The molecule has 35 heavy (non-hydrogen) atoms. The van der Waals surface area contributed by atoms with Crippen LogP contribution in [0.5, 0.6) is 0 Å². The second-order valence-electron chi connectivity index (χ2n) is 9.16. The minimum Gasteiger partial charge on any atom is -0.480 e. The highest BCUT2D eigenvalue weighted by Gasteiger charge is 2.31. The fourth-order valence-corrected chi connectivity index (χ4v) is 3.67. The highest BCUT2D eigenvalue weighted by Crippen LogP contribution is 2.19. The Morgan fingerprint density at radius 3 is 2.23 bits per heavy atom. The number of amides is 3. The van der Waals surface area contributed by atoms with Gasteiger partial charge in [0.05, 0.1) is 12.1 Å². The number of aliphatic hydroxyl groups is 1. The number of benzene rings is 1. The maximum absolute atomic E-state index is 12.7. The Morgan fingerprint density at radius 1 is 0.971 bits per heavy atom. The van der Waals surface area contributed by atoms with Gasteiger partial charge in [-0.2, -0.15) is 0 Å². The molecule has 1 aromatic heterocycles. The van der Waals surface area contributed by atoms with Crippen LogP contribution >= 0.6 is 0 Å². The molecule has 0 fully saturated rings. The number of nitrogens with two attached hydrogens (primary N) is 1. The van der Waals surface area contributed by atoms with Gasteiger partial charge in [-0.3, -0.25) is 14.4 Å². The summed E-state index contributed by atoms with van der Waals surface area (Å²) in [5.74, 6) is -3.18. The lowest BCUT2D eigenvalue weighted by molar-refractivity contribution is -0.142. The van der Waals surface area contributed by atoms with E-state index in [1.807, 2.05) is 38.1 Å². The lowest BCUT2D eigenvalue weighted by atomic mass is 10.0. The largest absolute Gasteiger partial charge is 0.480 e. The normalized spacial score (nSPS) is 15.6. The zero-order valence-electron chi connectivity index (χ0n) is 20.4. The maximum Gasteiger partial charge on any atom is 0.326 e. The van der Waals surface area contributed by atoms with Crippen LogP contribution in [0.2, 0.25) is 0 Å². The van der Waals surface area contributed by atoms with Crippen molar-refractivity contribution in [2.75, 3.05) is 0 Å². The van der Waals surface area contributed by atoms with E-state index in [0.717, 1.165) is 16.5 Å². The van der Waals surface area contributed by atoms with Crippen molar-refractivity contribution >= 4 is 34.6 Å². The zero-order chi connectivity index (χ0) is 26.3. The van der Waals surface area contributed by atoms with Gasteiger partial charge in [0.15, 0.2) is 0 Å². The van der Waals surface area contributed by atoms with Crippen molar-refractivity contribution in [1.29, 1.82) is 0 Å². The van der Waals surface area contributed by atoms with E-state index in [1.54, 1.807) is 6.20 Å². The van der Waals surface area contributed by atoms with Crippen molar-refractivity contribution in [2.24, 2.45) is 11.7 Å². The number of H-pyrrole nitrogens is 1. The van der Waals surface area contributed by atoms with Crippen LogP contribution in [-0.4, -0.2) is 69.2 Å². The molecule has 1 aromatic carbocycles. The van der Waals surface area contributed by atoms with Crippen LogP contribution in [0.1, 0.15) is 39.7 Å². The molecule has 11 nitrogen and oxygen atoms in total. The molecule has 0 radical (unpaired) electrons. The number of rotatable bonds is 12. The maximum atomic E-state index is 12.7. The van der Waals surface area contributed by atoms with E-state index in [9.17, 15) is 29.4 Å². The van der Waals surface area contributed by atoms with Crippen LogP contribution < -0.4 is 21.7 Å². The van der Waals surface area contributed by atoms with Gasteiger partial charge in [0.1, 0.15) is 18.1 Å². The summed E-state index contributed by atoms with van der Waals surface area (Å²) >= 11 is 0. The Labute approximate surface area is 203 Å². The second-order valence-corrected chi connectivity index (χ2v) is 9.16. The van der Waals surface area contributed by atoms with Crippen LogP contribution in [0.15, 0.2) is 30.5 Å². The van der Waals surface area contributed by atoms with Gasteiger partial charge >= 0.3 is 5.97 Å². The molecule has 1 heterocycles. The van der Waals surface area contributed by atoms with Gasteiger partial charge in [0, 0.05) is 23.5 Å². The molecule has 8 N–H and O–H groups in total. The number of aromatic amines is 1. The van der Waals surface area contributed by atoms with Gasteiger partial charge in [-0.05, 0) is 37.8 Å². The molecule has 2 rings (SSSR count). The number of nitrogens with one attached hydrogen (secondary N) is 4. The van der Waals surface area contributed by atoms with Crippen molar-refractivity contribution in [1.82, 2.24) is 20.9 Å². The Morgan fingerprint density at radius 2 is 1.63 bits per heavy atom. The van der Waals surface area contributed by atoms with E-state index in [0.29, 0.717) is 6.42 Å². The van der Waals surface area contributed by atoms with Gasteiger partial charge in [0.2, 0.25) is 17.7 Å². The van der Waals surface area contributed by atoms with E-state index < -0.39 is 54.0 Å². The van der Waals surface area contributed by atoms with Crippen LogP contribution in [0.4, 0.5) is 0 Å². The third-order valence-electron chi connectivity index (χ3n) is 5.59. The summed E-state index contributed by atoms with van der Waals surface area (Å²) in [5, 5.41) is 27.7. The molecule has 11 heteroatoms. The second kappa shape index (κ2) is 12.3. The number of hydrogen-bond donors (Lipinski definition) is 7. The Bertz CT molecular complexity index is 1050. The SMILES string of the molecule is CC(C)CC(N)C(=O)NC(C(=O)NC(C)C(=O)NC(Cc1c[nH]c2ccccc12)C(=O)O)C(C)O. The smallest absolute Gasteiger partial charge is 0.326 e. The van der Waals surface area contributed by atoms with Crippen molar-refractivity contribution < 1.29 is 29.4 Å². The molecule has 0 aliphatic heterocycles. The topological polar surface area (TPSA) is 187 Å². The summed E-state index contributed by atoms with van der Waals surface area (Å²) in [4.78, 5) is 52.5. The average molecular weight is 490 g/mol. The first-order chi connectivity index (χ1) is 16.4. The van der Waals surface area contributed by atoms with Gasteiger partial charge < -0.3 is 36.9 Å². The molecule has 2 aromatic rings. The Hall–Kier alpha value is -3.44. The Kier molecular flexibility index (Phi) is 9.78. The number of para-hydroxylation sites is 1. The van der Waals surface area contributed by atoms with Crippen molar-refractivity contribution in [3.05, 3.63) is 36.0 Å². The molecule has 5 atom stereocenters. The predicted octanol–water partition coefficient (Wildman–Crippen LogP) is 0.0235. The van der Waals surface area contributed by atoms with E-state index in [-0.39, 0.29) is 12.3 Å². The van der Waals surface area contributed by atoms with E-state index >= 15 is 0 Å². The molecule has 3 amide bonds. The molecular weight excluding hydrogens is 454 g/mol. The first-order valence-electron chi connectivity index (χ1n) is 11.5. The van der Waals surface area contributed by atoms with Gasteiger partial charge in [-0.15, -0.1) is 0 Å². The lowest BCUT2D eigenvalue weighted by Crippen LogP contribution is -2.59. The number of carboxylic acids is 1. The number of hydrogen-bond acceptors (Lipinski definition) is 6. The zero-order valence-corrected chi connectivity index (χ0v) is 20.4. The predicted molar refractivity (Wildman–Crippen MR) is 130 cm³/mol. The first kappa shape index (κ1) is 27.8. The summed E-state index contributed by atoms with van der Waals surface area (Å²) in [6.45, 7) is 6.50. The van der Waals surface area contributed by atoms with Gasteiger partial charge in [0.25, 0.3) is 0 Å². The molecule has 192 valence electrons. The highest BCUT2D eigenvalue weighted by molar-refractivity contribution is 5.94. The molecule has 5 unspecified atom stereocenters. The number of carbonyl (C=O) groups excluding carboxylic acids is 3. The summed E-state index contributed by atoms with van der Waals surface area (Å²) in [6.07, 6.45) is 0.865. The molecule has 0 spiro atoms. The van der Waals surface area contributed by atoms with Gasteiger partial charge in [-0.25, -0.2) is 4.79 Å². The molecular formula is C24H35N5O6. The summed E-state index contributed by atoms with van der Waals surface area (Å²) in [5.41, 5.74) is 7.41. The summed E-state index contributed by atoms with van der Waals surface area (Å²) in [7, 11) is 0. The quantitative estimate of drug-likeness (QED) is 0.219. The molecule has 0 bridgehead atoms. The van der Waals surface area contributed by atoms with Gasteiger partial charge in [-0.1, -0.05) is 32.0 Å². The van der Waals surface area contributed by atoms with Crippen LogP contribution in [0.3, 0.4) is 0 Å². The average Bonchev–Trinajstić information content (AvgIpc) is 3.18. The van der Waals surface area contributed by atoms with Crippen LogP contribution in [0, 0.1) is 5.92 Å². The third kappa shape index (κ3) is 7.79. The van der Waals surface area contributed by atoms with E-state index in [4.69, 9.17) is 5.73 Å². The monoisotopic (exact) mass is 489 g/mol. The third-order valence-corrected chi connectivity index (χ3v) is 5.59. The molecule has 0 saturated heterocycles. The minimum absolute atomic E-state index is 0.0336. The fraction of sp³-hybridized carbons (Fsp3) is 0.500.